The van der Waals surface area contributed by atoms with Crippen LogP contribution in [-0.2, 0) is 5.33 Å². The molecule has 0 unspecified atom stereocenters. The van der Waals surface area contributed by atoms with E-state index in [2.05, 4.69) is 26.0 Å². The van der Waals surface area contributed by atoms with Gasteiger partial charge in [0.15, 0.2) is 5.82 Å². The van der Waals surface area contributed by atoms with Crippen molar-refractivity contribution in [3.63, 3.8) is 0 Å². The molecule has 2 heterocycles. The number of alkyl halides is 1. The molecular formula is C9H7BrClN3. The molecule has 2 aromatic heterocycles. The Balaban J connectivity index is 2.50. The average molecular weight is 273 g/mol. The van der Waals surface area contributed by atoms with Gasteiger partial charge < -0.3 is 0 Å². The summed E-state index contributed by atoms with van der Waals surface area (Å²) in [5.74, 6) is 0.802. The second-order valence-corrected chi connectivity index (χ2v) is 3.72. The number of hydrogen-bond donors (Lipinski definition) is 0. The van der Waals surface area contributed by atoms with E-state index < -0.39 is 0 Å². The monoisotopic (exact) mass is 271 g/mol. The molecule has 0 saturated carbocycles. The summed E-state index contributed by atoms with van der Waals surface area (Å²) in [5, 5.41) is 5.45. The fraction of sp³-hybridized carbons (Fsp3) is 0.111. The van der Waals surface area contributed by atoms with Gasteiger partial charge >= 0.3 is 0 Å². The number of rotatable bonds is 2. The van der Waals surface area contributed by atoms with Crippen molar-refractivity contribution in [1.82, 2.24) is 14.8 Å². The number of pyridine rings is 1. The van der Waals surface area contributed by atoms with E-state index in [1.54, 1.807) is 23.3 Å². The Bertz CT molecular complexity index is 441. The minimum Gasteiger partial charge on any atom is -0.237 e. The summed E-state index contributed by atoms with van der Waals surface area (Å²) in [6.45, 7) is 0. The molecule has 0 aliphatic carbocycles. The Hall–Kier alpha value is -0.870. The molecule has 0 amide bonds. The van der Waals surface area contributed by atoms with Crippen molar-refractivity contribution in [3.05, 3.63) is 41.3 Å². The van der Waals surface area contributed by atoms with E-state index in [0.29, 0.717) is 5.02 Å². The first-order valence-corrected chi connectivity index (χ1v) is 5.51. The van der Waals surface area contributed by atoms with E-state index in [0.717, 1.165) is 16.7 Å². The second kappa shape index (κ2) is 4.11. The molecule has 3 nitrogen and oxygen atoms in total. The maximum atomic E-state index is 5.78. The zero-order valence-electron chi connectivity index (χ0n) is 7.19. The van der Waals surface area contributed by atoms with Gasteiger partial charge in [0.1, 0.15) is 0 Å². The molecule has 72 valence electrons. The summed E-state index contributed by atoms with van der Waals surface area (Å²) in [7, 11) is 0. The Labute approximate surface area is 94.9 Å². The highest BCUT2D eigenvalue weighted by Gasteiger charge is 2.05. The molecule has 0 fully saturated rings. The van der Waals surface area contributed by atoms with E-state index in [9.17, 15) is 0 Å². The number of aromatic nitrogens is 3. The summed E-state index contributed by atoms with van der Waals surface area (Å²) >= 11 is 9.18. The van der Waals surface area contributed by atoms with Gasteiger partial charge in [0, 0.05) is 17.1 Å². The lowest BCUT2D eigenvalue weighted by atomic mass is 10.3. The largest absolute Gasteiger partial charge is 0.237 e. The molecular weight excluding hydrogens is 265 g/mol. The van der Waals surface area contributed by atoms with Crippen LogP contribution < -0.4 is 0 Å². The predicted octanol–water partition coefficient (Wildman–Crippen LogP) is 2.82. The van der Waals surface area contributed by atoms with Crippen LogP contribution in [0.4, 0.5) is 0 Å². The van der Waals surface area contributed by atoms with E-state index in [4.69, 9.17) is 11.6 Å². The molecule has 5 heteroatoms. The van der Waals surface area contributed by atoms with Gasteiger partial charge in [0.25, 0.3) is 0 Å². The highest BCUT2D eigenvalue weighted by atomic mass is 79.9. The van der Waals surface area contributed by atoms with Gasteiger partial charge in [-0.05, 0) is 6.07 Å². The van der Waals surface area contributed by atoms with Crippen LogP contribution >= 0.6 is 27.5 Å². The molecule has 0 aromatic carbocycles. The number of hydrogen-bond acceptors (Lipinski definition) is 2. The van der Waals surface area contributed by atoms with Crippen LogP contribution in [0.5, 0.6) is 0 Å². The second-order valence-electron chi connectivity index (χ2n) is 2.72. The molecule has 0 aliphatic heterocycles. The number of halogens is 2. The van der Waals surface area contributed by atoms with E-state index in [1.165, 1.54) is 0 Å². The van der Waals surface area contributed by atoms with E-state index in [-0.39, 0.29) is 0 Å². The highest BCUT2D eigenvalue weighted by molar-refractivity contribution is 9.08. The maximum absolute atomic E-state index is 5.78. The SMILES string of the molecule is Clc1cnn(-c2ncccc2CBr)c1. The Morgan fingerprint density at radius 2 is 2.36 bits per heavy atom. The quantitative estimate of drug-likeness (QED) is 0.787. The fourth-order valence-corrected chi connectivity index (χ4v) is 1.73. The van der Waals surface area contributed by atoms with Gasteiger partial charge in [-0.1, -0.05) is 33.6 Å². The van der Waals surface area contributed by atoms with Crippen molar-refractivity contribution in [2.75, 3.05) is 0 Å². The fourth-order valence-electron chi connectivity index (χ4n) is 1.16. The normalized spacial score (nSPS) is 10.4. The topological polar surface area (TPSA) is 30.7 Å². The van der Waals surface area contributed by atoms with Crippen molar-refractivity contribution in [2.45, 2.75) is 5.33 Å². The smallest absolute Gasteiger partial charge is 0.157 e. The highest BCUT2D eigenvalue weighted by Crippen LogP contribution is 2.15. The summed E-state index contributed by atoms with van der Waals surface area (Å²) < 4.78 is 1.67. The van der Waals surface area contributed by atoms with Gasteiger partial charge in [0.2, 0.25) is 0 Å². The lowest BCUT2D eigenvalue weighted by Crippen LogP contribution is -2.01. The third-order valence-corrected chi connectivity index (χ3v) is 2.58. The first kappa shape index (κ1) is 9.68. The molecule has 0 saturated heterocycles. The standard InChI is InChI=1S/C9H7BrClN3/c10-4-7-2-1-3-12-9(7)14-6-8(11)5-13-14/h1-3,5-6H,4H2. The first-order chi connectivity index (χ1) is 6.81. The molecule has 2 aromatic rings. The van der Waals surface area contributed by atoms with Gasteiger partial charge in [-0.25, -0.2) is 9.67 Å². The zero-order valence-corrected chi connectivity index (χ0v) is 9.53. The Morgan fingerprint density at radius 1 is 1.50 bits per heavy atom. The third-order valence-electron chi connectivity index (χ3n) is 1.78. The van der Waals surface area contributed by atoms with Crippen molar-refractivity contribution in [2.24, 2.45) is 0 Å². The third kappa shape index (κ3) is 1.81. The van der Waals surface area contributed by atoms with Crippen molar-refractivity contribution >= 4 is 27.5 Å². The Morgan fingerprint density at radius 3 is 3.00 bits per heavy atom. The molecule has 0 bridgehead atoms. The number of nitrogens with zero attached hydrogens (tertiary/aromatic N) is 3. The Kier molecular flexibility index (Phi) is 2.84. The van der Waals surface area contributed by atoms with Crippen LogP contribution in [0.1, 0.15) is 5.56 Å². The molecule has 0 spiro atoms. The lowest BCUT2D eigenvalue weighted by Gasteiger charge is -2.04. The van der Waals surface area contributed by atoms with Crippen LogP contribution in [0.25, 0.3) is 5.82 Å². The molecule has 0 radical (unpaired) electrons. The zero-order chi connectivity index (χ0) is 9.97. The van der Waals surface area contributed by atoms with Crippen LogP contribution in [0.2, 0.25) is 5.02 Å². The summed E-state index contributed by atoms with van der Waals surface area (Å²) in [6.07, 6.45) is 5.06. The summed E-state index contributed by atoms with van der Waals surface area (Å²) in [4.78, 5) is 4.24. The summed E-state index contributed by atoms with van der Waals surface area (Å²) in [5.41, 5.74) is 1.08. The first-order valence-electron chi connectivity index (χ1n) is 4.01. The van der Waals surface area contributed by atoms with Crippen LogP contribution in [0, 0.1) is 0 Å². The van der Waals surface area contributed by atoms with Gasteiger partial charge in [0.05, 0.1) is 17.4 Å². The molecule has 14 heavy (non-hydrogen) atoms. The van der Waals surface area contributed by atoms with E-state index >= 15 is 0 Å². The minimum atomic E-state index is 0.608. The van der Waals surface area contributed by atoms with Gasteiger partial charge in [-0.3, -0.25) is 0 Å². The van der Waals surface area contributed by atoms with Crippen molar-refractivity contribution < 1.29 is 0 Å². The molecule has 0 atom stereocenters. The molecule has 0 aliphatic rings. The maximum Gasteiger partial charge on any atom is 0.157 e. The van der Waals surface area contributed by atoms with Crippen molar-refractivity contribution in [3.8, 4) is 5.82 Å². The van der Waals surface area contributed by atoms with Gasteiger partial charge in [-0.2, -0.15) is 5.10 Å². The predicted molar refractivity (Wildman–Crippen MR) is 59.0 cm³/mol. The van der Waals surface area contributed by atoms with Crippen molar-refractivity contribution in [1.29, 1.82) is 0 Å². The van der Waals surface area contributed by atoms with E-state index in [1.807, 2.05) is 12.1 Å². The van der Waals surface area contributed by atoms with Gasteiger partial charge in [-0.15, -0.1) is 0 Å². The lowest BCUT2D eigenvalue weighted by molar-refractivity contribution is 0.837. The van der Waals surface area contributed by atoms with Crippen LogP contribution in [0.3, 0.4) is 0 Å². The average Bonchev–Trinajstić information content (AvgIpc) is 2.65. The minimum absolute atomic E-state index is 0.608. The van der Waals surface area contributed by atoms with Crippen LogP contribution in [-0.4, -0.2) is 14.8 Å². The molecule has 2 rings (SSSR count). The van der Waals surface area contributed by atoms with Crippen LogP contribution in [0.15, 0.2) is 30.7 Å². The summed E-state index contributed by atoms with van der Waals surface area (Å²) in [6, 6.07) is 3.89. The molecule has 0 N–H and O–H groups in total.